The summed E-state index contributed by atoms with van der Waals surface area (Å²) >= 11 is 0. The number of hydrogen-bond acceptors (Lipinski definition) is 4. The van der Waals surface area contributed by atoms with Crippen molar-refractivity contribution in [3.63, 3.8) is 0 Å². The molecule has 0 aromatic heterocycles. The monoisotopic (exact) mass is 265 g/mol. The normalized spacial score (nSPS) is 10.0. The lowest BCUT2D eigenvalue weighted by atomic mass is 10.1. The van der Waals surface area contributed by atoms with Crippen molar-refractivity contribution in [3.05, 3.63) is 33.9 Å². The Morgan fingerprint density at radius 3 is 2.74 bits per heavy atom. The van der Waals surface area contributed by atoms with Crippen molar-refractivity contribution in [2.75, 3.05) is 18.4 Å². The number of anilines is 1. The van der Waals surface area contributed by atoms with Gasteiger partial charge in [0.05, 0.1) is 4.92 Å². The number of nitro benzene ring substituents is 1. The van der Waals surface area contributed by atoms with Crippen molar-refractivity contribution in [1.29, 1.82) is 0 Å². The Labute approximate surface area is 112 Å². The molecule has 104 valence electrons. The summed E-state index contributed by atoms with van der Waals surface area (Å²) in [5.74, 6) is -0.0512. The van der Waals surface area contributed by atoms with Gasteiger partial charge in [-0.15, -0.1) is 0 Å². The van der Waals surface area contributed by atoms with Gasteiger partial charge in [0, 0.05) is 25.1 Å². The molecule has 0 aliphatic rings. The van der Waals surface area contributed by atoms with E-state index in [1.54, 1.807) is 25.1 Å². The quantitative estimate of drug-likeness (QED) is 0.585. The van der Waals surface area contributed by atoms with Crippen molar-refractivity contribution < 1.29 is 9.72 Å². The Kier molecular flexibility index (Phi) is 5.78. The molecule has 1 aromatic rings. The first-order chi connectivity index (χ1) is 9.06. The summed E-state index contributed by atoms with van der Waals surface area (Å²) in [5, 5.41) is 16.7. The molecule has 0 bridgehead atoms. The van der Waals surface area contributed by atoms with E-state index in [1.807, 2.05) is 6.92 Å². The predicted octanol–water partition coefficient (Wildman–Crippen LogP) is 2.23. The van der Waals surface area contributed by atoms with Crippen molar-refractivity contribution in [2.45, 2.75) is 26.7 Å². The maximum atomic E-state index is 11.4. The number of carbonyl (C=O) groups excluding carboxylic acids is 1. The molecule has 19 heavy (non-hydrogen) atoms. The van der Waals surface area contributed by atoms with Crippen LogP contribution < -0.4 is 10.6 Å². The van der Waals surface area contributed by atoms with E-state index in [4.69, 9.17) is 0 Å². The van der Waals surface area contributed by atoms with E-state index in [2.05, 4.69) is 10.6 Å². The summed E-state index contributed by atoms with van der Waals surface area (Å²) in [5.41, 5.74) is 1.12. The van der Waals surface area contributed by atoms with Crippen LogP contribution in [-0.4, -0.2) is 23.9 Å². The number of benzene rings is 1. The fourth-order valence-electron chi connectivity index (χ4n) is 1.71. The van der Waals surface area contributed by atoms with Gasteiger partial charge >= 0.3 is 0 Å². The average molecular weight is 265 g/mol. The molecule has 0 atom stereocenters. The number of nitrogens with one attached hydrogen (secondary N) is 2. The molecule has 2 N–H and O–H groups in total. The summed E-state index contributed by atoms with van der Waals surface area (Å²) in [7, 11) is 0. The van der Waals surface area contributed by atoms with Crippen LogP contribution in [0, 0.1) is 17.0 Å². The van der Waals surface area contributed by atoms with Crippen molar-refractivity contribution >= 4 is 17.3 Å². The summed E-state index contributed by atoms with van der Waals surface area (Å²) in [4.78, 5) is 22.0. The van der Waals surface area contributed by atoms with Crippen LogP contribution in [0.3, 0.4) is 0 Å². The highest BCUT2D eigenvalue weighted by molar-refractivity contribution is 5.76. The van der Waals surface area contributed by atoms with Gasteiger partial charge in [-0.2, -0.15) is 0 Å². The SMILES string of the molecule is CCCNC(=O)CCNc1cccc(C)c1[N+](=O)[O-]. The second-order valence-electron chi connectivity index (χ2n) is 4.25. The zero-order valence-corrected chi connectivity index (χ0v) is 11.2. The van der Waals surface area contributed by atoms with Crippen molar-refractivity contribution in [2.24, 2.45) is 0 Å². The number of hydrogen-bond donors (Lipinski definition) is 2. The zero-order chi connectivity index (χ0) is 14.3. The Balaban J connectivity index is 2.56. The molecule has 1 amide bonds. The topological polar surface area (TPSA) is 84.3 Å². The standard InChI is InChI=1S/C13H19N3O3/c1-3-8-15-12(17)7-9-14-11-6-4-5-10(2)13(11)16(18)19/h4-6,14H,3,7-9H2,1-2H3,(H,15,17). The molecule has 0 aliphatic carbocycles. The van der Waals surface area contributed by atoms with Gasteiger partial charge in [0.1, 0.15) is 5.69 Å². The molecule has 6 heteroatoms. The third-order valence-corrected chi connectivity index (χ3v) is 2.66. The minimum atomic E-state index is -0.408. The van der Waals surface area contributed by atoms with Crippen LogP contribution in [0.2, 0.25) is 0 Å². The molecule has 1 rings (SSSR count). The number of rotatable bonds is 7. The fraction of sp³-hybridized carbons (Fsp3) is 0.462. The third kappa shape index (κ3) is 4.57. The lowest BCUT2D eigenvalue weighted by molar-refractivity contribution is -0.384. The van der Waals surface area contributed by atoms with Crippen LogP contribution in [-0.2, 0) is 4.79 Å². The van der Waals surface area contributed by atoms with Gasteiger partial charge in [-0.25, -0.2) is 0 Å². The Bertz CT molecular complexity index is 460. The number of carbonyl (C=O) groups is 1. The zero-order valence-electron chi connectivity index (χ0n) is 11.2. The van der Waals surface area contributed by atoms with E-state index < -0.39 is 4.92 Å². The summed E-state index contributed by atoms with van der Waals surface area (Å²) in [6.07, 6.45) is 1.19. The van der Waals surface area contributed by atoms with E-state index in [0.29, 0.717) is 30.8 Å². The van der Waals surface area contributed by atoms with E-state index in [1.165, 1.54) is 0 Å². The lowest BCUT2D eigenvalue weighted by Crippen LogP contribution is -2.25. The van der Waals surface area contributed by atoms with Crippen LogP contribution in [0.1, 0.15) is 25.3 Å². The Morgan fingerprint density at radius 1 is 1.37 bits per heavy atom. The largest absolute Gasteiger partial charge is 0.379 e. The van der Waals surface area contributed by atoms with Crippen molar-refractivity contribution in [3.8, 4) is 0 Å². The average Bonchev–Trinajstić information content (AvgIpc) is 2.36. The molecular weight excluding hydrogens is 246 g/mol. The van der Waals surface area contributed by atoms with Gasteiger partial charge < -0.3 is 10.6 Å². The fourth-order valence-corrected chi connectivity index (χ4v) is 1.71. The van der Waals surface area contributed by atoms with Crippen LogP contribution in [0.15, 0.2) is 18.2 Å². The van der Waals surface area contributed by atoms with Crippen LogP contribution in [0.4, 0.5) is 11.4 Å². The highest BCUT2D eigenvalue weighted by Crippen LogP contribution is 2.27. The van der Waals surface area contributed by atoms with Gasteiger partial charge in [0.15, 0.2) is 0 Å². The number of aryl methyl sites for hydroxylation is 1. The van der Waals surface area contributed by atoms with Crippen molar-refractivity contribution in [1.82, 2.24) is 5.32 Å². The first kappa shape index (κ1) is 14.9. The molecule has 0 aliphatic heterocycles. The number of para-hydroxylation sites is 1. The van der Waals surface area contributed by atoms with E-state index in [-0.39, 0.29) is 11.6 Å². The van der Waals surface area contributed by atoms with Gasteiger partial charge in [-0.05, 0) is 19.4 Å². The second kappa shape index (κ2) is 7.35. The van der Waals surface area contributed by atoms with Crippen LogP contribution in [0.5, 0.6) is 0 Å². The summed E-state index contributed by atoms with van der Waals surface area (Å²) in [6.45, 7) is 4.70. The molecule has 0 saturated heterocycles. The molecule has 0 unspecified atom stereocenters. The Morgan fingerprint density at radius 2 is 2.11 bits per heavy atom. The molecule has 0 spiro atoms. The van der Waals surface area contributed by atoms with Crippen LogP contribution >= 0.6 is 0 Å². The van der Waals surface area contributed by atoms with E-state index in [9.17, 15) is 14.9 Å². The summed E-state index contributed by atoms with van der Waals surface area (Å²) < 4.78 is 0. The van der Waals surface area contributed by atoms with E-state index in [0.717, 1.165) is 6.42 Å². The lowest BCUT2D eigenvalue weighted by Gasteiger charge is -2.08. The first-order valence-corrected chi connectivity index (χ1v) is 6.30. The molecule has 0 radical (unpaired) electrons. The van der Waals surface area contributed by atoms with Gasteiger partial charge in [0.2, 0.25) is 5.91 Å². The molecule has 1 aromatic carbocycles. The minimum absolute atomic E-state index is 0.0512. The predicted molar refractivity (Wildman–Crippen MR) is 74.2 cm³/mol. The van der Waals surface area contributed by atoms with Gasteiger partial charge in [0.25, 0.3) is 5.69 Å². The van der Waals surface area contributed by atoms with Gasteiger partial charge in [-0.3, -0.25) is 14.9 Å². The Hall–Kier alpha value is -2.11. The molecule has 0 heterocycles. The molecular formula is C13H19N3O3. The number of amides is 1. The third-order valence-electron chi connectivity index (χ3n) is 2.66. The number of nitrogens with zero attached hydrogens (tertiary/aromatic N) is 1. The highest BCUT2D eigenvalue weighted by atomic mass is 16.6. The van der Waals surface area contributed by atoms with Crippen LogP contribution in [0.25, 0.3) is 0 Å². The van der Waals surface area contributed by atoms with E-state index >= 15 is 0 Å². The highest BCUT2D eigenvalue weighted by Gasteiger charge is 2.16. The molecule has 0 fully saturated rings. The maximum Gasteiger partial charge on any atom is 0.295 e. The summed E-state index contributed by atoms with van der Waals surface area (Å²) in [6, 6.07) is 5.09. The number of nitro groups is 1. The smallest absolute Gasteiger partial charge is 0.295 e. The first-order valence-electron chi connectivity index (χ1n) is 6.30. The second-order valence-corrected chi connectivity index (χ2v) is 4.25. The minimum Gasteiger partial charge on any atom is -0.379 e. The molecule has 0 saturated carbocycles. The molecule has 6 nitrogen and oxygen atoms in total. The maximum absolute atomic E-state index is 11.4. The van der Waals surface area contributed by atoms with Gasteiger partial charge in [-0.1, -0.05) is 19.1 Å².